The molecule has 2 aromatic carbocycles. The van der Waals surface area contributed by atoms with Crippen LogP contribution in [-0.2, 0) is 11.2 Å². The number of aromatic nitrogens is 1. The topological polar surface area (TPSA) is 98.2 Å². The van der Waals surface area contributed by atoms with Gasteiger partial charge in [0.2, 0.25) is 5.91 Å². The van der Waals surface area contributed by atoms with Gasteiger partial charge in [0.15, 0.2) is 11.6 Å². The van der Waals surface area contributed by atoms with E-state index in [0.29, 0.717) is 68.2 Å². The molecule has 1 aliphatic heterocycles. The standard InChI is InChI=1S/C30H37F3N4O4/c1-36(2)25-18-34-24-7-6-21(41-3)17-22(24)27(25)26(38)8-9-30(29(39)35-40)10-13-37(14-11-30)12-4-5-19-15-20(31)16-23(32)28(19)33/h6-7,15-18,26,38,40H,4-5,8-14H2,1-3H3,(H,35,39)/t26-/m1/s1. The molecule has 3 N–H and O–H groups in total. The van der Waals surface area contributed by atoms with Crippen LogP contribution in [0.5, 0.6) is 5.75 Å². The van der Waals surface area contributed by atoms with Crippen molar-refractivity contribution in [2.75, 3.05) is 45.7 Å². The number of anilines is 1. The number of benzene rings is 2. The highest BCUT2D eigenvalue weighted by Crippen LogP contribution is 2.41. The van der Waals surface area contributed by atoms with Crippen molar-refractivity contribution in [1.82, 2.24) is 15.4 Å². The number of pyridine rings is 1. The van der Waals surface area contributed by atoms with Crippen molar-refractivity contribution in [3.05, 3.63) is 65.1 Å². The van der Waals surface area contributed by atoms with Crippen LogP contribution in [0.4, 0.5) is 18.9 Å². The lowest BCUT2D eigenvalue weighted by Crippen LogP contribution is -2.48. The molecule has 8 nitrogen and oxygen atoms in total. The number of methoxy groups -OCH3 is 1. The monoisotopic (exact) mass is 574 g/mol. The lowest BCUT2D eigenvalue weighted by atomic mass is 9.73. The summed E-state index contributed by atoms with van der Waals surface area (Å²) in [6.45, 7) is 1.65. The lowest BCUT2D eigenvalue weighted by Gasteiger charge is -2.40. The van der Waals surface area contributed by atoms with E-state index < -0.39 is 34.9 Å². The summed E-state index contributed by atoms with van der Waals surface area (Å²) < 4.78 is 46.4. The van der Waals surface area contributed by atoms with Gasteiger partial charge in [-0.2, -0.15) is 0 Å². The summed E-state index contributed by atoms with van der Waals surface area (Å²) in [6, 6.07) is 7.02. The first-order valence-electron chi connectivity index (χ1n) is 13.7. The van der Waals surface area contributed by atoms with E-state index in [1.54, 1.807) is 13.3 Å². The van der Waals surface area contributed by atoms with Crippen LogP contribution in [0.1, 0.15) is 49.3 Å². The average molecular weight is 575 g/mol. The number of aryl methyl sites for hydroxylation is 1. The van der Waals surface area contributed by atoms with Gasteiger partial charge in [0, 0.05) is 31.1 Å². The number of likely N-dealkylation sites (tertiary alicyclic amines) is 1. The predicted octanol–water partition coefficient (Wildman–Crippen LogP) is 4.76. The number of carbonyl (C=O) groups is 1. The van der Waals surface area contributed by atoms with Gasteiger partial charge in [0.1, 0.15) is 11.6 Å². The molecule has 0 radical (unpaired) electrons. The van der Waals surface area contributed by atoms with E-state index >= 15 is 0 Å². The third-order valence-electron chi connectivity index (χ3n) is 8.19. The molecule has 1 saturated heterocycles. The van der Waals surface area contributed by atoms with Crippen LogP contribution in [0.15, 0.2) is 36.5 Å². The molecule has 1 amide bonds. The molecule has 3 aromatic rings. The summed E-state index contributed by atoms with van der Waals surface area (Å²) in [4.78, 5) is 21.4. The molecule has 222 valence electrons. The molecular weight excluding hydrogens is 537 g/mol. The summed E-state index contributed by atoms with van der Waals surface area (Å²) in [5, 5.41) is 21.8. The van der Waals surface area contributed by atoms with Crippen LogP contribution < -0.4 is 15.1 Å². The molecule has 1 atom stereocenters. The zero-order valence-electron chi connectivity index (χ0n) is 23.6. The molecule has 0 aliphatic carbocycles. The second kappa shape index (κ2) is 13.1. The molecule has 0 unspecified atom stereocenters. The third kappa shape index (κ3) is 6.74. The number of aliphatic hydroxyl groups excluding tert-OH is 1. The van der Waals surface area contributed by atoms with Crippen LogP contribution in [-0.4, -0.2) is 66.9 Å². The van der Waals surface area contributed by atoms with Crippen LogP contribution >= 0.6 is 0 Å². The summed E-state index contributed by atoms with van der Waals surface area (Å²) in [7, 11) is 5.31. The number of piperidine rings is 1. The second-order valence-corrected chi connectivity index (χ2v) is 10.9. The maximum atomic E-state index is 14.0. The maximum Gasteiger partial charge on any atom is 0.249 e. The van der Waals surface area contributed by atoms with E-state index in [2.05, 4.69) is 9.88 Å². The fourth-order valence-electron chi connectivity index (χ4n) is 5.77. The van der Waals surface area contributed by atoms with Gasteiger partial charge in [-0.05, 0) is 88.0 Å². The van der Waals surface area contributed by atoms with E-state index in [-0.39, 0.29) is 18.4 Å². The highest BCUT2D eigenvalue weighted by atomic mass is 19.2. The molecule has 0 spiro atoms. The molecule has 1 fully saturated rings. The lowest BCUT2D eigenvalue weighted by molar-refractivity contribution is -0.143. The third-order valence-corrected chi connectivity index (χ3v) is 8.19. The summed E-state index contributed by atoms with van der Waals surface area (Å²) in [5.74, 6) is -2.89. The van der Waals surface area contributed by atoms with E-state index in [9.17, 15) is 28.3 Å². The Labute approximate surface area is 237 Å². The molecule has 1 aromatic heterocycles. The van der Waals surface area contributed by atoms with Gasteiger partial charge in [-0.15, -0.1) is 0 Å². The molecular formula is C30H37F3N4O4. The highest BCUT2D eigenvalue weighted by Gasteiger charge is 2.41. The van der Waals surface area contributed by atoms with Crippen molar-refractivity contribution in [2.24, 2.45) is 5.41 Å². The number of nitrogens with one attached hydrogen (secondary N) is 1. The first kappa shape index (κ1) is 30.5. The van der Waals surface area contributed by atoms with E-state index in [0.717, 1.165) is 17.1 Å². The molecule has 1 aliphatic rings. The normalized spacial score (nSPS) is 16.0. The van der Waals surface area contributed by atoms with Gasteiger partial charge in [0.25, 0.3) is 0 Å². The van der Waals surface area contributed by atoms with E-state index in [1.807, 2.05) is 42.7 Å². The van der Waals surface area contributed by atoms with Gasteiger partial charge in [-0.3, -0.25) is 15.0 Å². The Morgan fingerprint density at radius 1 is 1.20 bits per heavy atom. The number of hydrogen-bond donors (Lipinski definition) is 3. The number of fused-ring (bicyclic) bond motifs is 1. The van der Waals surface area contributed by atoms with Gasteiger partial charge < -0.3 is 19.6 Å². The molecule has 2 heterocycles. The Bertz CT molecular complexity index is 1380. The summed E-state index contributed by atoms with van der Waals surface area (Å²) >= 11 is 0. The van der Waals surface area contributed by atoms with Crippen molar-refractivity contribution >= 4 is 22.5 Å². The van der Waals surface area contributed by atoms with Gasteiger partial charge in [-0.25, -0.2) is 18.7 Å². The first-order valence-corrected chi connectivity index (χ1v) is 13.7. The number of hydroxylamine groups is 1. The molecule has 11 heteroatoms. The van der Waals surface area contributed by atoms with Gasteiger partial charge >= 0.3 is 0 Å². The van der Waals surface area contributed by atoms with Crippen molar-refractivity contribution in [3.8, 4) is 5.75 Å². The van der Waals surface area contributed by atoms with E-state index in [4.69, 9.17) is 4.74 Å². The predicted molar refractivity (Wildman–Crippen MR) is 149 cm³/mol. The minimum Gasteiger partial charge on any atom is -0.497 e. The minimum atomic E-state index is -1.20. The van der Waals surface area contributed by atoms with Crippen LogP contribution in [0.2, 0.25) is 0 Å². The molecule has 41 heavy (non-hydrogen) atoms. The van der Waals surface area contributed by atoms with Crippen molar-refractivity contribution in [1.29, 1.82) is 0 Å². The van der Waals surface area contributed by atoms with Crippen LogP contribution in [0, 0.1) is 22.9 Å². The number of halogens is 3. The van der Waals surface area contributed by atoms with Crippen molar-refractivity contribution < 1.29 is 33.0 Å². The quantitative estimate of drug-likeness (QED) is 0.173. The number of ether oxygens (including phenoxy) is 1. The average Bonchev–Trinajstić information content (AvgIpc) is 2.97. The fraction of sp³-hybridized carbons (Fsp3) is 0.467. The first-order chi connectivity index (χ1) is 19.6. The van der Waals surface area contributed by atoms with Gasteiger partial charge in [0.05, 0.1) is 36.0 Å². The fourth-order valence-corrected chi connectivity index (χ4v) is 5.77. The Kier molecular flexibility index (Phi) is 9.72. The molecule has 0 bridgehead atoms. The Morgan fingerprint density at radius 3 is 2.59 bits per heavy atom. The maximum absolute atomic E-state index is 14.0. The zero-order valence-corrected chi connectivity index (χ0v) is 23.6. The van der Waals surface area contributed by atoms with Gasteiger partial charge in [-0.1, -0.05) is 0 Å². The van der Waals surface area contributed by atoms with Crippen molar-refractivity contribution in [2.45, 2.75) is 44.6 Å². The summed E-state index contributed by atoms with van der Waals surface area (Å²) in [5.41, 5.74) is 3.09. The summed E-state index contributed by atoms with van der Waals surface area (Å²) in [6.07, 6.45) is 2.98. The second-order valence-electron chi connectivity index (χ2n) is 10.9. The molecule has 0 saturated carbocycles. The smallest absolute Gasteiger partial charge is 0.249 e. The van der Waals surface area contributed by atoms with E-state index in [1.165, 1.54) is 0 Å². The number of hydrogen-bond acceptors (Lipinski definition) is 7. The SMILES string of the molecule is COc1ccc2ncc(N(C)C)c([C@H](O)CCC3(C(=O)NO)CCN(CCCc4cc(F)cc(F)c4F)CC3)c2c1. The van der Waals surface area contributed by atoms with Crippen LogP contribution in [0.25, 0.3) is 10.9 Å². The molecule has 4 rings (SSSR count). The van der Waals surface area contributed by atoms with Crippen molar-refractivity contribution in [3.63, 3.8) is 0 Å². The Balaban J connectivity index is 1.44. The zero-order chi connectivity index (χ0) is 29.7. The highest BCUT2D eigenvalue weighted by molar-refractivity contribution is 5.88. The minimum absolute atomic E-state index is 0.000788. The Hall–Kier alpha value is -3.41. The number of rotatable bonds is 11. The number of aliphatic hydroxyl groups is 1. The number of amides is 1. The largest absolute Gasteiger partial charge is 0.497 e. The number of nitrogens with zero attached hydrogens (tertiary/aromatic N) is 3. The number of carbonyl (C=O) groups excluding carboxylic acids is 1. The van der Waals surface area contributed by atoms with Crippen LogP contribution in [0.3, 0.4) is 0 Å². The Morgan fingerprint density at radius 2 is 1.93 bits per heavy atom.